The summed E-state index contributed by atoms with van der Waals surface area (Å²) in [6.45, 7) is 7.73. The predicted molar refractivity (Wildman–Crippen MR) is 83.8 cm³/mol. The van der Waals surface area contributed by atoms with E-state index in [1.54, 1.807) is 0 Å². The number of aryl methyl sites for hydroxylation is 1. The van der Waals surface area contributed by atoms with Crippen molar-refractivity contribution in [3.05, 3.63) is 53.9 Å². The smallest absolute Gasteiger partial charge is 0.0640 e. The first-order chi connectivity index (χ1) is 9.54. The third-order valence-corrected chi connectivity index (χ3v) is 4.02. The van der Waals surface area contributed by atoms with Crippen LogP contribution in [0.3, 0.4) is 0 Å². The van der Waals surface area contributed by atoms with Crippen molar-refractivity contribution < 1.29 is 0 Å². The number of likely N-dealkylation sites (N-methyl/N-ethyl adjacent to an activating group) is 1. The first kappa shape index (κ1) is 14.8. The highest BCUT2D eigenvalue weighted by molar-refractivity contribution is 5.26. The predicted octanol–water partition coefficient (Wildman–Crippen LogP) is 2.92. The van der Waals surface area contributed by atoms with E-state index in [0.29, 0.717) is 6.04 Å². The maximum absolute atomic E-state index is 4.52. The Hall–Kier alpha value is -1.61. The maximum atomic E-state index is 4.52. The van der Waals surface area contributed by atoms with E-state index in [0.717, 1.165) is 18.7 Å². The summed E-state index contributed by atoms with van der Waals surface area (Å²) in [5, 5.41) is 8.15. The van der Waals surface area contributed by atoms with Crippen molar-refractivity contribution in [2.75, 3.05) is 6.54 Å². The fourth-order valence-electron chi connectivity index (χ4n) is 2.68. The summed E-state index contributed by atoms with van der Waals surface area (Å²) in [7, 11) is 1.97. The van der Waals surface area contributed by atoms with E-state index >= 15 is 0 Å². The molecule has 0 saturated carbocycles. The second-order valence-electron chi connectivity index (χ2n) is 5.88. The van der Waals surface area contributed by atoms with Crippen LogP contribution in [0, 0.1) is 0 Å². The molecule has 1 aromatic carbocycles. The van der Waals surface area contributed by atoms with Crippen LogP contribution in [0.25, 0.3) is 0 Å². The lowest BCUT2D eigenvalue weighted by molar-refractivity contribution is 0.340. The molecular formula is C17H25N3. The average molecular weight is 271 g/mol. The van der Waals surface area contributed by atoms with Gasteiger partial charge in [0.1, 0.15) is 0 Å². The first-order valence-electron chi connectivity index (χ1n) is 7.31. The second-order valence-corrected chi connectivity index (χ2v) is 5.88. The molecule has 0 spiro atoms. The molecule has 0 aliphatic rings. The molecule has 0 aliphatic carbocycles. The van der Waals surface area contributed by atoms with Gasteiger partial charge in [-0.1, -0.05) is 51.1 Å². The van der Waals surface area contributed by atoms with E-state index in [1.165, 1.54) is 5.56 Å². The number of aromatic nitrogens is 2. The molecule has 2 aromatic rings. The quantitative estimate of drug-likeness (QED) is 0.875. The molecule has 20 heavy (non-hydrogen) atoms. The summed E-state index contributed by atoms with van der Waals surface area (Å²) in [4.78, 5) is 0. The van der Waals surface area contributed by atoms with Gasteiger partial charge in [-0.05, 0) is 18.2 Å². The molecule has 3 heteroatoms. The van der Waals surface area contributed by atoms with Crippen molar-refractivity contribution >= 4 is 0 Å². The molecule has 1 N–H and O–H groups in total. The third-order valence-electron chi connectivity index (χ3n) is 4.02. The van der Waals surface area contributed by atoms with Gasteiger partial charge < -0.3 is 5.32 Å². The van der Waals surface area contributed by atoms with Gasteiger partial charge in [0.05, 0.1) is 5.69 Å². The third kappa shape index (κ3) is 3.28. The second kappa shape index (κ2) is 6.23. The summed E-state index contributed by atoms with van der Waals surface area (Å²) in [6, 6.07) is 13.2. The summed E-state index contributed by atoms with van der Waals surface area (Å²) in [6.07, 6.45) is 2.95. The molecule has 0 radical (unpaired) electrons. The molecule has 0 bridgehead atoms. The maximum Gasteiger partial charge on any atom is 0.0640 e. The minimum absolute atomic E-state index is 0.0643. The Morgan fingerprint density at radius 1 is 1.20 bits per heavy atom. The lowest BCUT2D eigenvalue weighted by Crippen LogP contribution is -2.46. The zero-order valence-corrected chi connectivity index (χ0v) is 12.9. The van der Waals surface area contributed by atoms with E-state index in [9.17, 15) is 0 Å². The summed E-state index contributed by atoms with van der Waals surface area (Å²) >= 11 is 0. The highest BCUT2D eigenvalue weighted by Crippen LogP contribution is 2.28. The Labute approximate surface area is 122 Å². The van der Waals surface area contributed by atoms with E-state index in [2.05, 4.69) is 67.6 Å². The van der Waals surface area contributed by atoms with Crippen molar-refractivity contribution in [2.24, 2.45) is 7.05 Å². The Morgan fingerprint density at radius 3 is 2.45 bits per heavy atom. The Bertz CT molecular complexity index is 528. The molecule has 108 valence electrons. The van der Waals surface area contributed by atoms with Crippen molar-refractivity contribution in [2.45, 2.75) is 38.6 Å². The number of hydrogen-bond donors (Lipinski definition) is 1. The molecule has 3 nitrogen and oxygen atoms in total. The first-order valence-corrected chi connectivity index (χ1v) is 7.31. The molecule has 1 unspecified atom stereocenters. The van der Waals surface area contributed by atoms with Crippen LogP contribution < -0.4 is 5.32 Å². The molecule has 0 saturated heterocycles. The molecule has 0 fully saturated rings. The van der Waals surface area contributed by atoms with Crippen molar-refractivity contribution in [1.29, 1.82) is 0 Å². The molecule has 0 aliphatic heterocycles. The van der Waals surface area contributed by atoms with Gasteiger partial charge in [0.25, 0.3) is 0 Å². The minimum Gasteiger partial charge on any atom is -0.313 e. The van der Waals surface area contributed by atoms with Gasteiger partial charge in [-0.25, -0.2) is 0 Å². The van der Waals surface area contributed by atoms with Crippen molar-refractivity contribution in [3.63, 3.8) is 0 Å². The monoisotopic (exact) mass is 271 g/mol. The van der Waals surface area contributed by atoms with Gasteiger partial charge in [-0.15, -0.1) is 0 Å². The van der Waals surface area contributed by atoms with Gasteiger partial charge in [-0.2, -0.15) is 5.10 Å². The van der Waals surface area contributed by atoms with Gasteiger partial charge in [0.2, 0.25) is 0 Å². The summed E-state index contributed by atoms with van der Waals surface area (Å²) < 4.78 is 1.87. The van der Waals surface area contributed by atoms with Crippen LogP contribution in [0.5, 0.6) is 0 Å². The molecular weight excluding hydrogens is 246 g/mol. The number of rotatable bonds is 6. The van der Waals surface area contributed by atoms with Crippen LogP contribution in [0.15, 0.2) is 42.6 Å². The lowest BCUT2D eigenvalue weighted by atomic mass is 9.76. The number of nitrogens with zero attached hydrogens (tertiary/aromatic N) is 2. The number of nitrogens with one attached hydrogen (secondary N) is 1. The SMILES string of the molecule is CCNC(Cc1ccn(C)n1)C(C)(C)c1ccccc1. The van der Waals surface area contributed by atoms with Crippen LogP contribution in [0.4, 0.5) is 0 Å². The van der Waals surface area contributed by atoms with Gasteiger partial charge in [0, 0.05) is 31.1 Å². The Balaban J connectivity index is 2.23. The van der Waals surface area contributed by atoms with Gasteiger partial charge >= 0.3 is 0 Å². The van der Waals surface area contributed by atoms with Crippen molar-refractivity contribution in [1.82, 2.24) is 15.1 Å². The average Bonchev–Trinajstić information content (AvgIpc) is 2.85. The number of benzene rings is 1. The fraction of sp³-hybridized carbons (Fsp3) is 0.471. The standard InChI is InChI=1S/C17H25N3/c1-5-18-16(13-15-11-12-20(4)19-15)17(2,3)14-9-7-6-8-10-14/h6-12,16,18H,5,13H2,1-4H3. The fourth-order valence-corrected chi connectivity index (χ4v) is 2.68. The highest BCUT2D eigenvalue weighted by Gasteiger charge is 2.31. The van der Waals surface area contributed by atoms with Crippen LogP contribution >= 0.6 is 0 Å². The van der Waals surface area contributed by atoms with Crippen LogP contribution in [0.1, 0.15) is 32.0 Å². The molecule has 1 heterocycles. The van der Waals surface area contributed by atoms with Crippen LogP contribution in [-0.2, 0) is 18.9 Å². The normalized spacial score (nSPS) is 13.4. The highest BCUT2D eigenvalue weighted by atomic mass is 15.2. The molecule has 0 amide bonds. The van der Waals surface area contributed by atoms with Crippen LogP contribution in [0.2, 0.25) is 0 Å². The zero-order valence-electron chi connectivity index (χ0n) is 12.9. The minimum atomic E-state index is 0.0643. The Morgan fingerprint density at radius 2 is 1.90 bits per heavy atom. The molecule has 2 rings (SSSR count). The van der Waals surface area contributed by atoms with Gasteiger partial charge in [0.15, 0.2) is 0 Å². The largest absolute Gasteiger partial charge is 0.313 e. The molecule has 1 atom stereocenters. The van der Waals surface area contributed by atoms with Crippen LogP contribution in [-0.4, -0.2) is 22.4 Å². The molecule has 1 aromatic heterocycles. The Kier molecular flexibility index (Phi) is 4.61. The number of hydrogen-bond acceptors (Lipinski definition) is 2. The summed E-state index contributed by atoms with van der Waals surface area (Å²) in [5.41, 5.74) is 2.57. The summed E-state index contributed by atoms with van der Waals surface area (Å²) in [5.74, 6) is 0. The zero-order chi connectivity index (χ0) is 14.6. The van der Waals surface area contributed by atoms with E-state index in [-0.39, 0.29) is 5.41 Å². The van der Waals surface area contributed by atoms with E-state index in [1.807, 2.05) is 17.9 Å². The topological polar surface area (TPSA) is 29.9 Å². The van der Waals surface area contributed by atoms with Crippen molar-refractivity contribution in [3.8, 4) is 0 Å². The van der Waals surface area contributed by atoms with Gasteiger partial charge in [-0.3, -0.25) is 4.68 Å². The lowest BCUT2D eigenvalue weighted by Gasteiger charge is -2.35. The van der Waals surface area contributed by atoms with E-state index < -0.39 is 0 Å². The van der Waals surface area contributed by atoms with E-state index in [4.69, 9.17) is 0 Å².